The highest BCUT2D eigenvalue weighted by Crippen LogP contribution is 2.35. The SMILES string of the molecule is O=C(NC1CCCc2c1[nH]c1ccc(Cl)cc21)c1ccno1. The highest BCUT2D eigenvalue weighted by Gasteiger charge is 2.26. The van der Waals surface area contributed by atoms with E-state index in [4.69, 9.17) is 16.1 Å². The van der Waals surface area contributed by atoms with Crippen molar-refractivity contribution < 1.29 is 9.32 Å². The predicted octanol–water partition coefficient (Wildman–Crippen LogP) is 3.62. The number of rotatable bonds is 2. The van der Waals surface area contributed by atoms with E-state index in [0.29, 0.717) is 0 Å². The number of amides is 1. The number of fused-ring (bicyclic) bond motifs is 3. The van der Waals surface area contributed by atoms with Gasteiger partial charge in [0.15, 0.2) is 0 Å². The van der Waals surface area contributed by atoms with Gasteiger partial charge in [-0.15, -0.1) is 0 Å². The molecule has 5 nitrogen and oxygen atoms in total. The number of aromatic amines is 1. The fraction of sp³-hybridized carbons (Fsp3) is 0.250. The summed E-state index contributed by atoms with van der Waals surface area (Å²) in [7, 11) is 0. The lowest BCUT2D eigenvalue weighted by molar-refractivity contribution is 0.0894. The molecule has 6 heteroatoms. The van der Waals surface area contributed by atoms with Gasteiger partial charge in [-0.25, -0.2) is 0 Å². The van der Waals surface area contributed by atoms with Crippen LogP contribution in [-0.2, 0) is 6.42 Å². The number of halogens is 1. The van der Waals surface area contributed by atoms with E-state index in [1.54, 1.807) is 6.07 Å². The molecule has 1 aliphatic carbocycles. The highest BCUT2D eigenvalue weighted by molar-refractivity contribution is 6.31. The Kier molecular flexibility index (Phi) is 3.15. The van der Waals surface area contributed by atoms with E-state index in [9.17, 15) is 4.79 Å². The largest absolute Gasteiger partial charge is 0.356 e. The summed E-state index contributed by atoms with van der Waals surface area (Å²) in [4.78, 5) is 15.6. The lowest BCUT2D eigenvalue weighted by atomic mass is 9.91. The molecule has 22 heavy (non-hydrogen) atoms. The summed E-state index contributed by atoms with van der Waals surface area (Å²) in [6.45, 7) is 0. The molecule has 0 fully saturated rings. The van der Waals surface area contributed by atoms with Crippen LogP contribution >= 0.6 is 11.6 Å². The Morgan fingerprint density at radius 1 is 1.41 bits per heavy atom. The second-order valence-corrected chi connectivity index (χ2v) is 5.94. The summed E-state index contributed by atoms with van der Waals surface area (Å²) in [5.41, 5.74) is 3.36. The summed E-state index contributed by atoms with van der Waals surface area (Å²) in [6.07, 6.45) is 4.37. The zero-order valence-electron chi connectivity index (χ0n) is 11.7. The van der Waals surface area contributed by atoms with E-state index in [2.05, 4.69) is 15.5 Å². The number of carbonyl (C=O) groups is 1. The predicted molar refractivity (Wildman–Crippen MR) is 83.0 cm³/mol. The van der Waals surface area contributed by atoms with Crippen LogP contribution in [0.4, 0.5) is 0 Å². The van der Waals surface area contributed by atoms with Gasteiger partial charge in [-0.2, -0.15) is 0 Å². The van der Waals surface area contributed by atoms with E-state index in [0.717, 1.165) is 40.9 Å². The average Bonchev–Trinajstić information content (AvgIpc) is 3.15. The van der Waals surface area contributed by atoms with Crippen molar-refractivity contribution in [1.82, 2.24) is 15.5 Å². The molecule has 1 amide bonds. The highest BCUT2D eigenvalue weighted by atomic mass is 35.5. The molecule has 1 aliphatic rings. The number of nitrogens with zero attached hydrogens (tertiary/aromatic N) is 1. The smallest absolute Gasteiger partial charge is 0.290 e. The summed E-state index contributed by atoms with van der Waals surface area (Å²) in [5.74, 6) is -0.0154. The van der Waals surface area contributed by atoms with Crippen LogP contribution in [0.3, 0.4) is 0 Å². The summed E-state index contributed by atoms with van der Waals surface area (Å²) < 4.78 is 4.91. The Hall–Kier alpha value is -2.27. The van der Waals surface area contributed by atoms with Crippen LogP contribution in [0.25, 0.3) is 10.9 Å². The number of hydrogen-bond donors (Lipinski definition) is 2. The van der Waals surface area contributed by atoms with Crippen LogP contribution in [0, 0.1) is 0 Å². The van der Waals surface area contributed by atoms with Crippen molar-refractivity contribution in [1.29, 1.82) is 0 Å². The molecule has 0 aliphatic heterocycles. The maximum absolute atomic E-state index is 12.2. The van der Waals surface area contributed by atoms with Crippen LogP contribution in [0.15, 0.2) is 35.0 Å². The normalized spacial score (nSPS) is 17.4. The molecule has 2 N–H and O–H groups in total. The van der Waals surface area contributed by atoms with Gasteiger partial charge in [0.2, 0.25) is 5.76 Å². The van der Waals surface area contributed by atoms with Crippen LogP contribution in [0.1, 0.15) is 40.7 Å². The van der Waals surface area contributed by atoms with Crippen LogP contribution < -0.4 is 5.32 Å². The Bertz CT molecular complexity index is 839. The van der Waals surface area contributed by atoms with E-state index in [-0.39, 0.29) is 17.7 Å². The molecule has 0 saturated carbocycles. The molecular weight excluding hydrogens is 302 g/mol. The van der Waals surface area contributed by atoms with Gasteiger partial charge in [-0.1, -0.05) is 16.8 Å². The molecule has 0 radical (unpaired) electrons. The van der Waals surface area contributed by atoms with Crippen molar-refractivity contribution >= 4 is 28.4 Å². The quantitative estimate of drug-likeness (QED) is 0.758. The minimum absolute atomic E-state index is 0.0486. The second-order valence-electron chi connectivity index (χ2n) is 5.50. The molecule has 0 bridgehead atoms. The van der Waals surface area contributed by atoms with Crippen molar-refractivity contribution in [2.45, 2.75) is 25.3 Å². The number of aromatic nitrogens is 2. The standard InChI is InChI=1S/C16H14ClN3O2/c17-9-4-5-12-11(8-9)10-2-1-3-13(15(10)19-12)20-16(21)14-6-7-18-22-14/h4-8,13,19H,1-3H2,(H,20,21). The number of benzene rings is 1. The Morgan fingerprint density at radius 2 is 2.32 bits per heavy atom. The van der Waals surface area contributed by atoms with Crippen molar-refractivity contribution in [3.63, 3.8) is 0 Å². The van der Waals surface area contributed by atoms with Crippen molar-refractivity contribution in [2.24, 2.45) is 0 Å². The molecule has 112 valence electrons. The zero-order valence-corrected chi connectivity index (χ0v) is 12.5. The number of aryl methyl sites for hydroxylation is 1. The van der Waals surface area contributed by atoms with Crippen LogP contribution in [0.2, 0.25) is 5.02 Å². The number of H-pyrrole nitrogens is 1. The maximum Gasteiger partial charge on any atom is 0.290 e. The maximum atomic E-state index is 12.2. The summed E-state index contributed by atoms with van der Waals surface area (Å²) in [5, 5.41) is 8.45. The topological polar surface area (TPSA) is 70.9 Å². The fourth-order valence-corrected chi connectivity index (χ4v) is 3.31. The Morgan fingerprint density at radius 3 is 3.14 bits per heavy atom. The molecule has 3 aromatic rings. The second kappa shape index (κ2) is 5.18. The molecule has 1 unspecified atom stereocenters. The Balaban J connectivity index is 1.70. The minimum atomic E-state index is -0.243. The molecule has 2 aromatic heterocycles. The van der Waals surface area contributed by atoms with Crippen LogP contribution in [0.5, 0.6) is 0 Å². The first kappa shape index (κ1) is 13.4. The van der Waals surface area contributed by atoms with E-state index < -0.39 is 0 Å². The van der Waals surface area contributed by atoms with Gasteiger partial charge in [-0.05, 0) is 43.0 Å². The molecule has 0 saturated heterocycles. The van der Waals surface area contributed by atoms with Gasteiger partial charge in [0, 0.05) is 27.7 Å². The number of carbonyl (C=O) groups excluding carboxylic acids is 1. The van der Waals surface area contributed by atoms with Crippen molar-refractivity contribution in [3.8, 4) is 0 Å². The first-order valence-electron chi connectivity index (χ1n) is 7.24. The molecule has 2 heterocycles. The fourth-order valence-electron chi connectivity index (χ4n) is 3.14. The van der Waals surface area contributed by atoms with Gasteiger partial charge in [-0.3, -0.25) is 4.79 Å². The van der Waals surface area contributed by atoms with Crippen LogP contribution in [-0.4, -0.2) is 16.0 Å². The van der Waals surface area contributed by atoms with Gasteiger partial charge < -0.3 is 14.8 Å². The molecule has 1 aromatic carbocycles. The van der Waals surface area contributed by atoms with Gasteiger partial charge in [0.25, 0.3) is 5.91 Å². The number of hydrogen-bond acceptors (Lipinski definition) is 3. The lowest BCUT2D eigenvalue weighted by Gasteiger charge is -2.23. The van der Waals surface area contributed by atoms with Crippen molar-refractivity contribution in [3.05, 3.63) is 52.5 Å². The molecule has 0 spiro atoms. The van der Waals surface area contributed by atoms with Gasteiger partial charge in [0.1, 0.15) is 0 Å². The van der Waals surface area contributed by atoms with Gasteiger partial charge in [0.05, 0.1) is 12.2 Å². The first-order valence-corrected chi connectivity index (χ1v) is 7.62. The van der Waals surface area contributed by atoms with E-state index >= 15 is 0 Å². The van der Waals surface area contributed by atoms with Gasteiger partial charge >= 0.3 is 0 Å². The van der Waals surface area contributed by atoms with Crippen molar-refractivity contribution in [2.75, 3.05) is 0 Å². The molecular formula is C16H14ClN3O2. The number of nitrogens with one attached hydrogen (secondary N) is 2. The summed E-state index contributed by atoms with van der Waals surface area (Å²) in [6, 6.07) is 7.34. The lowest BCUT2D eigenvalue weighted by Crippen LogP contribution is -2.30. The van der Waals surface area contributed by atoms with E-state index in [1.165, 1.54) is 11.8 Å². The molecule has 1 atom stereocenters. The third-order valence-electron chi connectivity index (χ3n) is 4.14. The average molecular weight is 316 g/mol. The first-order chi connectivity index (χ1) is 10.7. The van der Waals surface area contributed by atoms with E-state index in [1.807, 2.05) is 18.2 Å². The zero-order chi connectivity index (χ0) is 15.1. The monoisotopic (exact) mass is 315 g/mol. The molecule has 4 rings (SSSR count). The summed E-state index contributed by atoms with van der Waals surface area (Å²) >= 11 is 6.10. The Labute approximate surface area is 131 Å². The third kappa shape index (κ3) is 2.18. The minimum Gasteiger partial charge on any atom is -0.356 e. The third-order valence-corrected chi connectivity index (χ3v) is 4.37.